The van der Waals surface area contributed by atoms with Crippen molar-refractivity contribution in [1.82, 2.24) is 15.0 Å². The van der Waals surface area contributed by atoms with E-state index < -0.39 is 0 Å². The van der Waals surface area contributed by atoms with Gasteiger partial charge in [-0.3, -0.25) is 0 Å². The molecule has 1 aromatic heterocycles. The summed E-state index contributed by atoms with van der Waals surface area (Å²) in [5, 5.41) is 12.0. The molecule has 2 aromatic rings. The van der Waals surface area contributed by atoms with Gasteiger partial charge in [0.2, 0.25) is 16.5 Å². The number of aryl methyl sites for hydroxylation is 1. The monoisotopic (exact) mass is 279 g/mol. The van der Waals surface area contributed by atoms with Gasteiger partial charge >= 0.3 is 0 Å². The molecule has 2 rings (SSSR count). The molecule has 0 aliphatic heterocycles. The van der Waals surface area contributed by atoms with Crippen molar-refractivity contribution in [3.8, 4) is 6.07 Å². The van der Waals surface area contributed by atoms with Gasteiger partial charge in [-0.2, -0.15) is 20.2 Å². The third-order valence-corrected chi connectivity index (χ3v) is 2.55. The molecule has 1 heterocycles. The molecule has 0 amide bonds. The van der Waals surface area contributed by atoms with Crippen molar-refractivity contribution in [2.45, 2.75) is 6.92 Å². The van der Waals surface area contributed by atoms with Gasteiger partial charge in [0, 0.05) is 0 Å². The number of hydrogen-bond donors (Lipinski definition) is 1. The molecule has 0 bridgehead atoms. The molecule has 0 spiro atoms. The maximum atomic E-state index is 9.09. The molecule has 90 valence electrons. The first kappa shape index (κ1) is 12.6. The van der Waals surface area contributed by atoms with Crippen molar-refractivity contribution in [3.05, 3.63) is 39.9 Å². The zero-order valence-electron chi connectivity index (χ0n) is 9.28. The molecule has 18 heavy (non-hydrogen) atoms. The fourth-order valence-corrected chi connectivity index (χ4v) is 1.79. The number of rotatable bonds is 2. The SMILES string of the molecule is Cc1cccc(Nc2nc(Cl)nc(Cl)n2)c1C#N. The highest BCUT2D eigenvalue weighted by Crippen LogP contribution is 2.22. The number of benzene rings is 1. The lowest BCUT2D eigenvalue weighted by Gasteiger charge is -2.08. The number of nitriles is 1. The normalized spacial score (nSPS) is 9.89. The number of aromatic nitrogens is 3. The smallest absolute Gasteiger partial charge is 0.232 e. The van der Waals surface area contributed by atoms with Crippen molar-refractivity contribution in [2.24, 2.45) is 0 Å². The summed E-state index contributed by atoms with van der Waals surface area (Å²) in [6.45, 7) is 1.84. The van der Waals surface area contributed by atoms with Gasteiger partial charge in [-0.25, -0.2) is 0 Å². The summed E-state index contributed by atoms with van der Waals surface area (Å²) in [4.78, 5) is 11.4. The molecule has 0 saturated heterocycles. The zero-order valence-corrected chi connectivity index (χ0v) is 10.8. The van der Waals surface area contributed by atoms with Crippen LogP contribution in [0.1, 0.15) is 11.1 Å². The van der Waals surface area contributed by atoms with Crippen LogP contribution in [0.5, 0.6) is 0 Å². The van der Waals surface area contributed by atoms with Crippen LogP contribution in [0, 0.1) is 18.3 Å². The molecule has 0 saturated carbocycles. The molecule has 0 unspecified atom stereocenters. The number of nitrogens with zero attached hydrogens (tertiary/aromatic N) is 4. The Morgan fingerprint density at radius 1 is 1.17 bits per heavy atom. The fraction of sp³-hybridized carbons (Fsp3) is 0.0909. The van der Waals surface area contributed by atoms with Gasteiger partial charge in [-0.1, -0.05) is 12.1 Å². The highest BCUT2D eigenvalue weighted by Gasteiger charge is 2.08. The van der Waals surface area contributed by atoms with Gasteiger partial charge < -0.3 is 5.32 Å². The van der Waals surface area contributed by atoms with Crippen molar-refractivity contribution in [3.63, 3.8) is 0 Å². The molecule has 0 radical (unpaired) electrons. The van der Waals surface area contributed by atoms with Crippen molar-refractivity contribution < 1.29 is 0 Å². The van der Waals surface area contributed by atoms with E-state index in [1.807, 2.05) is 19.1 Å². The molecule has 7 heteroatoms. The van der Waals surface area contributed by atoms with Gasteiger partial charge in [0.25, 0.3) is 0 Å². The first-order chi connectivity index (χ1) is 8.60. The van der Waals surface area contributed by atoms with E-state index in [1.165, 1.54) is 0 Å². The van der Waals surface area contributed by atoms with Gasteiger partial charge in [0.1, 0.15) is 6.07 Å². The summed E-state index contributed by atoms with van der Waals surface area (Å²) in [7, 11) is 0. The van der Waals surface area contributed by atoms with E-state index >= 15 is 0 Å². The summed E-state index contributed by atoms with van der Waals surface area (Å²) < 4.78 is 0. The molecule has 0 atom stereocenters. The van der Waals surface area contributed by atoms with Crippen LogP contribution in [-0.2, 0) is 0 Å². The molecule has 0 aliphatic rings. The third kappa shape index (κ3) is 2.67. The Labute approximate surface area is 113 Å². The maximum absolute atomic E-state index is 9.09. The van der Waals surface area contributed by atoms with E-state index in [4.69, 9.17) is 28.5 Å². The average Bonchev–Trinajstić information content (AvgIpc) is 2.27. The van der Waals surface area contributed by atoms with Crippen LogP contribution in [0.25, 0.3) is 0 Å². The Bertz CT molecular complexity index is 616. The molecule has 0 fully saturated rings. The number of nitrogens with one attached hydrogen (secondary N) is 1. The number of halogens is 2. The largest absolute Gasteiger partial charge is 0.323 e. The first-order valence-corrected chi connectivity index (χ1v) is 5.69. The van der Waals surface area contributed by atoms with Crippen LogP contribution in [0.15, 0.2) is 18.2 Å². The van der Waals surface area contributed by atoms with Gasteiger partial charge in [0.05, 0.1) is 11.3 Å². The van der Waals surface area contributed by atoms with Crippen molar-refractivity contribution in [1.29, 1.82) is 5.26 Å². The predicted molar refractivity (Wildman–Crippen MR) is 69.0 cm³/mol. The fourth-order valence-electron chi connectivity index (χ4n) is 1.42. The standard InChI is InChI=1S/C11H7Cl2N5/c1-6-3-2-4-8(7(6)5-14)15-11-17-9(12)16-10(13)18-11/h2-4H,1H3,(H,15,16,17,18). The highest BCUT2D eigenvalue weighted by molar-refractivity contribution is 6.31. The Morgan fingerprint density at radius 2 is 1.83 bits per heavy atom. The molecular weight excluding hydrogens is 273 g/mol. The van der Waals surface area contributed by atoms with E-state index in [2.05, 4.69) is 26.3 Å². The van der Waals surface area contributed by atoms with Crippen LogP contribution in [-0.4, -0.2) is 15.0 Å². The second-order valence-corrected chi connectivity index (χ2v) is 4.11. The first-order valence-electron chi connectivity index (χ1n) is 4.94. The van der Waals surface area contributed by atoms with E-state index in [-0.39, 0.29) is 16.5 Å². The quantitative estimate of drug-likeness (QED) is 0.914. The second kappa shape index (κ2) is 5.17. The minimum absolute atomic E-state index is 0.0105. The Hall–Kier alpha value is -1.90. The van der Waals surface area contributed by atoms with E-state index in [0.29, 0.717) is 11.3 Å². The van der Waals surface area contributed by atoms with Crippen LogP contribution >= 0.6 is 23.2 Å². The molecular formula is C11H7Cl2N5. The second-order valence-electron chi connectivity index (χ2n) is 3.43. The van der Waals surface area contributed by atoms with Gasteiger partial charge in [-0.15, -0.1) is 0 Å². The van der Waals surface area contributed by atoms with Crippen molar-refractivity contribution in [2.75, 3.05) is 5.32 Å². The molecule has 1 aromatic carbocycles. The Balaban J connectivity index is 2.40. The van der Waals surface area contributed by atoms with Crippen molar-refractivity contribution >= 4 is 34.8 Å². The molecule has 1 N–H and O–H groups in total. The minimum atomic E-state index is -0.0105. The van der Waals surface area contributed by atoms with Gasteiger partial charge in [0.15, 0.2) is 0 Å². The number of hydrogen-bond acceptors (Lipinski definition) is 5. The predicted octanol–water partition coefficient (Wildman–Crippen LogP) is 3.10. The van der Waals surface area contributed by atoms with E-state index in [0.717, 1.165) is 5.56 Å². The lowest BCUT2D eigenvalue weighted by atomic mass is 10.1. The maximum Gasteiger partial charge on any atom is 0.232 e. The summed E-state index contributed by atoms with van der Waals surface area (Å²) in [6.07, 6.45) is 0. The van der Waals surface area contributed by atoms with Crippen LogP contribution in [0.4, 0.5) is 11.6 Å². The Kier molecular flexibility index (Phi) is 3.60. The summed E-state index contributed by atoms with van der Waals surface area (Å²) in [6, 6.07) is 7.53. The van der Waals surface area contributed by atoms with Crippen LogP contribution in [0.3, 0.4) is 0 Å². The van der Waals surface area contributed by atoms with Crippen LogP contribution < -0.4 is 5.32 Å². The van der Waals surface area contributed by atoms with Gasteiger partial charge in [-0.05, 0) is 41.8 Å². The summed E-state index contributed by atoms with van der Waals surface area (Å²) >= 11 is 11.3. The van der Waals surface area contributed by atoms with Crippen LogP contribution in [0.2, 0.25) is 10.6 Å². The highest BCUT2D eigenvalue weighted by atomic mass is 35.5. The third-order valence-electron chi connectivity index (χ3n) is 2.21. The molecule has 0 aliphatic carbocycles. The number of anilines is 2. The topological polar surface area (TPSA) is 74.5 Å². The molecule has 5 nitrogen and oxygen atoms in total. The van der Waals surface area contributed by atoms with E-state index in [1.54, 1.807) is 6.07 Å². The minimum Gasteiger partial charge on any atom is -0.323 e. The average molecular weight is 280 g/mol. The lowest BCUT2D eigenvalue weighted by Crippen LogP contribution is -2.01. The lowest BCUT2D eigenvalue weighted by molar-refractivity contribution is 1.05. The summed E-state index contributed by atoms with van der Waals surface area (Å²) in [5.41, 5.74) is 1.97. The zero-order chi connectivity index (χ0) is 13.1. The summed E-state index contributed by atoms with van der Waals surface area (Å²) in [5.74, 6) is 0.196. The Morgan fingerprint density at radius 3 is 2.44 bits per heavy atom. The van der Waals surface area contributed by atoms with E-state index in [9.17, 15) is 0 Å².